The Kier molecular flexibility index (Phi) is 3.79. The van der Waals surface area contributed by atoms with Gasteiger partial charge in [0.05, 0.1) is 10.6 Å². The van der Waals surface area contributed by atoms with Crippen LogP contribution < -0.4 is 5.32 Å². The summed E-state index contributed by atoms with van der Waals surface area (Å²) in [7, 11) is 0. The Morgan fingerprint density at radius 3 is 2.29 bits per heavy atom. The molecule has 2 aromatic carbocycles. The summed E-state index contributed by atoms with van der Waals surface area (Å²) in [5, 5.41) is 12.8. The zero-order valence-electron chi connectivity index (χ0n) is 10.6. The molecule has 110 valence electrons. The average molecular weight is 300 g/mol. The third-order valence-electron chi connectivity index (χ3n) is 2.71. The van der Waals surface area contributed by atoms with E-state index in [9.17, 15) is 27.7 Å². The lowest BCUT2D eigenvalue weighted by atomic mass is 10.2. The molecule has 2 aromatic rings. The first kappa shape index (κ1) is 14.8. The monoisotopic (exact) mass is 300 g/mol. The first-order valence-electron chi connectivity index (χ1n) is 5.66. The minimum absolute atomic E-state index is 0.0597. The Hall–Kier alpha value is -2.64. The van der Waals surface area contributed by atoms with Gasteiger partial charge in [-0.1, -0.05) is 6.07 Å². The molecule has 0 amide bonds. The maximum absolute atomic E-state index is 13.7. The molecule has 0 fully saturated rings. The van der Waals surface area contributed by atoms with Crippen LogP contribution in [-0.4, -0.2) is 4.92 Å². The van der Waals surface area contributed by atoms with E-state index in [1.54, 1.807) is 6.92 Å². The Balaban J connectivity index is 2.60. The Bertz CT molecular complexity index is 735. The second-order valence-corrected chi connectivity index (χ2v) is 4.24. The van der Waals surface area contributed by atoms with Crippen molar-refractivity contribution in [3.63, 3.8) is 0 Å². The van der Waals surface area contributed by atoms with Crippen LogP contribution in [0, 0.1) is 40.3 Å². The highest BCUT2D eigenvalue weighted by Crippen LogP contribution is 2.35. The van der Waals surface area contributed by atoms with Gasteiger partial charge < -0.3 is 5.32 Å². The number of nitro groups is 1. The topological polar surface area (TPSA) is 55.2 Å². The molecule has 0 aliphatic rings. The van der Waals surface area contributed by atoms with Gasteiger partial charge in [0.1, 0.15) is 5.82 Å². The molecular formula is C13H8F4N2O2. The maximum atomic E-state index is 13.7. The third-order valence-corrected chi connectivity index (χ3v) is 2.71. The van der Waals surface area contributed by atoms with Gasteiger partial charge >= 0.3 is 5.69 Å². The van der Waals surface area contributed by atoms with Crippen molar-refractivity contribution in [3.8, 4) is 0 Å². The summed E-state index contributed by atoms with van der Waals surface area (Å²) in [6.45, 7) is 1.59. The fourth-order valence-electron chi connectivity index (χ4n) is 1.73. The number of rotatable bonds is 3. The summed E-state index contributed by atoms with van der Waals surface area (Å²) in [5.41, 5.74) is -2.15. The van der Waals surface area contributed by atoms with Crippen molar-refractivity contribution in [3.05, 3.63) is 63.2 Å². The maximum Gasteiger partial charge on any atom is 0.331 e. The molecule has 0 aliphatic heterocycles. The van der Waals surface area contributed by atoms with E-state index in [0.29, 0.717) is 5.56 Å². The molecule has 0 radical (unpaired) electrons. The second kappa shape index (κ2) is 5.39. The van der Waals surface area contributed by atoms with E-state index in [1.165, 1.54) is 12.1 Å². The number of anilines is 2. The molecule has 2 rings (SSSR count). The summed E-state index contributed by atoms with van der Waals surface area (Å²) < 4.78 is 53.9. The fourth-order valence-corrected chi connectivity index (χ4v) is 1.73. The predicted molar refractivity (Wildman–Crippen MR) is 67.4 cm³/mol. The standard InChI is InChI=1S/C13H8F4N2O2/c1-6-2-3-10(7(14)4-6)18-12-11(17)8(15)5-9(16)13(12)19(20)21/h2-5,18H,1H3. The molecule has 0 bridgehead atoms. The van der Waals surface area contributed by atoms with Crippen molar-refractivity contribution in [1.82, 2.24) is 0 Å². The number of aryl methyl sites for hydroxylation is 1. The summed E-state index contributed by atoms with van der Waals surface area (Å²) >= 11 is 0. The van der Waals surface area contributed by atoms with Gasteiger partial charge in [0.2, 0.25) is 5.82 Å². The molecule has 0 aliphatic carbocycles. The van der Waals surface area contributed by atoms with Crippen LogP contribution in [-0.2, 0) is 0 Å². The molecule has 0 saturated heterocycles. The normalized spacial score (nSPS) is 10.5. The van der Waals surface area contributed by atoms with Crippen molar-refractivity contribution in [2.45, 2.75) is 6.92 Å². The van der Waals surface area contributed by atoms with Crippen LogP contribution >= 0.6 is 0 Å². The van der Waals surface area contributed by atoms with Crippen LogP contribution in [0.3, 0.4) is 0 Å². The number of nitrogens with one attached hydrogen (secondary N) is 1. The number of nitrogens with zero attached hydrogens (tertiary/aromatic N) is 1. The van der Waals surface area contributed by atoms with E-state index >= 15 is 0 Å². The van der Waals surface area contributed by atoms with E-state index < -0.39 is 39.6 Å². The highest BCUT2D eigenvalue weighted by molar-refractivity contribution is 5.71. The zero-order chi connectivity index (χ0) is 15.7. The number of nitro benzene ring substituents is 1. The summed E-state index contributed by atoms with van der Waals surface area (Å²) in [5.74, 6) is -5.68. The zero-order valence-corrected chi connectivity index (χ0v) is 10.6. The van der Waals surface area contributed by atoms with Crippen LogP contribution in [0.5, 0.6) is 0 Å². The fraction of sp³-hybridized carbons (Fsp3) is 0.0769. The largest absolute Gasteiger partial charge is 0.345 e. The number of halogens is 4. The van der Waals surface area contributed by atoms with Crippen LogP contribution in [0.4, 0.5) is 34.6 Å². The summed E-state index contributed by atoms with van der Waals surface area (Å²) in [6, 6.07) is 3.77. The van der Waals surface area contributed by atoms with Crippen molar-refractivity contribution in [2.75, 3.05) is 5.32 Å². The van der Waals surface area contributed by atoms with Crippen LogP contribution in [0.15, 0.2) is 24.3 Å². The summed E-state index contributed by atoms with van der Waals surface area (Å²) in [6.07, 6.45) is 0. The minimum atomic E-state index is -1.66. The molecule has 0 unspecified atom stereocenters. The molecule has 0 atom stereocenters. The van der Waals surface area contributed by atoms with Crippen LogP contribution in [0.2, 0.25) is 0 Å². The van der Waals surface area contributed by atoms with Crippen LogP contribution in [0.1, 0.15) is 5.56 Å². The van der Waals surface area contributed by atoms with Crippen molar-refractivity contribution in [1.29, 1.82) is 0 Å². The lowest BCUT2D eigenvalue weighted by Crippen LogP contribution is -2.05. The van der Waals surface area contributed by atoms with Gasteiger partial charge in [-0.2, -0.15) is 4.39 Å². The van der Waals surface area contributed by atoms with E-state index in [0.717, 1.165) is 6.07 Å². The van der Waals surface area contributed by atoms with Gasteiger partial charge in [-0.15, -0.1) is 0 Å². The molecule has 0 saturated carbocycles. The van der Waals surface area contributed by atoms with Gasteiger partial charge in [-0.25, -0.2) is 13.2 Å². The van der Waals surface area contributed by atoms with Crippen molar-refractivity contribution < 1.29 is 22.5 Å². The first-order chi connectivity index (χ1) is 9.81. The number of hydrogen-bond donors (Lipinski definition) is 1. The molecule has 8 heteroatoms. The quantitative estimate of drug-likeness (QED) is 0.400. The number of benzene rings is 2. The highest BCUT2D eigenvalue weighted by Gasteiger charge is 2.28. The first-order valence-corrected chi connectivity index (χ1v) is 5.66. The van der Waals surface area contributed by atoms with E-state index in [1.807, 2.05) is 5.32 Å². The van der Waals surface area contributed by atoms with Gasteiger partial charge in [0.15, 0.2) is 17.3 Å². The third kappa shape index (κ3) is 2.78. The molecule has 4 nitrogen and oxygen atoms in total. The Morgan fingerprint density at radius 2 is 1.71 bits per heavy atom. The van der Waals surface area contributed by atoms with Gasteiger partial charge in [-0.05, 0) is 24.6 Å². The highest BCUT2D eigenvalue weighted by atomic mass is 19.2. The Labute approximate surface area is 116 Å². The molecule has 0 spiro atoms. The smallest absolute Gasteiger partial charge is 0.331 e. The molecule has 0 heterocycles. The van der Waals surface area contributed by atoms with E-state index in [-0.39, 0.29) is 11.8 Å². The van der Waals surface area contributed by atoms with E-state index in [4.69, 9.17) is 0 Å². The van der Waals surface area contributed by atoms with Crippen molar-refractivity contribution >= 4 is 17.1 Å². The second-order valence-electron chi connectivity index (χ2n) is 4.24. The van der Waals surface area contributed by atoms with Gasteiger partial charge in [0.25, 0.3) is 0 Å². The molecule has 1 N–H and O–H groups in total. The SMILES string of the molecule is Cc1ccc(Nc2c(F)c(F)cc(F)c2[N+](=O)[O-])c(F)c1. The molecule has 0 aromatic heterocycles. The average Bonchev–Trinajstić information content (AvgIpc) is 2.38. The number of hydrogen-bond acceptors (Lipinski definition) is 3. The molecular weight excluding hydrogens is 292 g/mol. The summed E-state index contributed by atoms with van der Waals surface area (Å²) in [4.78, 5) is 9.56. The lowest BCUT2D eigenvalue weighted by Gasteiger charge is -2.10. The predicted octanol–water partition coefficient (Wildman–Crippen LogP) is 4.20. The van der Waals surface area contributed by atoms with Gasteiger partial charge in [-0.3, -0.25) is 10.1 Å². The van der Waals surface area contributed by atoms with E-state index in [2.05, 4.69) is 0 Å². The van der Waals surface area contributed by atoms with Crippen molar-refractivity contribution in [2.24, 2.45) is 0 Å². The van der Waals surface area contributed by atoms with Gasteiger partial charge in [0, 0.05) is 6.07 Å². The Morgan fingerprint density at radius 1 is 1.05 bits per heavy atom. The lowest BCUT2D eigenvalue weighted by molar-refractivity contribution is -0.386. The molecule has 21 heavy (non-hydrogen) atoms. The minimum Gasteiger partial charge on any atom is -0.345 e. The van der Waals surface area contributed by atoms with Crippen LogP contribution in [0.25, 0.3) is 0 Å².